The van der Waals surface area contributed by atoms with E-state index in [9.17, 15) is 9.90 Å². The molecule has 3 rings (SSSR count). The molecule has 0 saturated carbocycles. The van der Waals surface area contributed by atoms with E-state index < -0.39 is 8.25 Å². The SMILES string of the molecule is O=C(Nc1ccc2c(c1)C(O)c1ccccc1-2)C(Br)(Br)Br. The second kappa shape index (κ2) is 5.50. The summed E-state index contributed by atoms with van der Waals surface area (Å²) in [4.78, 5) is 11.9. The quantitative estimate of drug-likeness (QED) is 0.595. The third kappa shape index (κ3) is 2.82. The van der Waals surface area contributed by atoms with Crippen molar-refractivity contribution in [3.8, 4) is 11.1 Å². The molecule has 0 aliphatic heterocycles. The maximum absolute atomic E-state index is 11.9. The van der Waals surface area contributed by atoms with Crippen molar-refractivity contribution in [2.24, 2.45) is 0 Å². The van der Waals surface area contributed by atoms with E-state index in [-0.39, 0.29) is 5.91 Å². The number of hydrogen-bond donors (Lipinski definition) is 2. The van der Waals surface area contributed by atoms with Crippen LogP contribution in [0, 0.1) is 0 Å². The fourth-order valence-electron chi connectivity index (χ4n) is 2.46. The number of nitrogens with one attached hydrogen (secondary N) is 1. The number of anilines is 1. The third-order valence-electron chi connectivity index (χ3n) is 3.41. The van der Waals surface area contributed by atoms with Gasteiger partial charge in [0.15, 0.2) is 0 Å². The normalized spacial score (nSPS) is 16.3. The zero-order chi connectivity index (χ0) is 15.2. The van der Waals surface area contributed by atoms with Crippen LogP contribution in [0.3, 0.4) is 0 Å². The summed E-state index contributed by atoms with van der Waals surface area (Å²) in [6.45, 7) is 0. The molecule has 0 saturated heterocycles. The number of rotatable bonds is 1. The minimum atomic E-state index is -1.01. The van der Waals surface area contributed by atoms with Gasteiger partial charge >= 0.3 is 0 Å². The van der Waals surface area contributed by atoms with Crippen molar-refractivity contribution in [3.63, 3.8) is 0 Å². The summed E-state index contributed by atoms with van der Waals surface area (Å²) in [5, 5.41) is 13.2. The summed E-state index contributed by atoms with van der Waals surface area (Å²) in [5.41, 5.74) is 4.37. The second-order valence-electron chi connectivity index (χ2n) is 4.74. The van der Waals surface area contributed by atoms with Crippen LogP contribution in [0.4, 0.5) is 5.69 Å². The van der Waals surface area contributed by atoms with Gasteiger partial charge in [-0.15, -0.1) is 0 Å². The molecule has 0 heterocycles. The van der Waals surface area contributed by atoms with Gasteiger partial charge in [-0.3, -0.25) is 4.79 Å². The van der Waals surface area contributed by atoms with Gasteiger partial charge in [0.2, 0.25) is 2.14 Å². The first-order valence-corrected chi connectivity index (χ1v) is 8.55. The molecule has 1 aliphatic carbocycles. The first kappa shape index (κ1) is 15.2. The van der Waals surface area contributed by atoms with Gasteiger partial charge in [-0.25, -0.2) is 0 Å². The molecular formula is C15H10Br3NO2. The van der Waals surface area contributed by atoms with E-state index in [2.05, 4.69) is 53.1 Å². The lowest BCUT2D eigenvalue weighted by Crippen LogP contribution is -2.25. The van der Waals surface area contributed by atoms with Crippen molar-refractivity contribution < 1.29 is 9.90 Å². The van der Waals surface area contributed by atoms with E-state index in [4.69, 9.17) is 0 Å². The smallest absolute Gasteiger partial charge is 0.263 e. The highest BCUT2D eigenvalue weighted by Gasteiger charge is 2.30. The van der Waals surface area contributed by atoms with Crippen LogP contribution in [-0.2, 0) is 4.79 Å². The number of fused-ring (bicyclic) bond motifs is 3. The summed E-state index contributed by atoms with van der Waals surface area (Å²) in [7, 11) is 0. The van der Waals surface area contributed by atoms with Gasteiger partial charge in [0.25, 0.3) is 5.91 Å². The van der Waals surface area contributed by atoms with Crippen LogP contribution in [0.25, 0.3) is 11.1 Å². The maximum atomic E-state index is 11.9. The van der Waals surface area contributed by atoms with Gasteiger partial charge in [0, 0.05) is 5.69 Å². The van der Waals surface area contributed by atoms with Crippen molar-refractivity contribution >= 4 is 59.4 Å². The third-order valence-corrected chi connectivity index (χ3v) is 4.49. The van der Waals surface area contributed by atoms with Crippen LogP contribution in [-0.4, -0.2) is 13.2 Å². The lowest BCUT2D eigenvalue weighted by molar-refractivity contribution is -0.114. The summed E-state index contributed by atoms with van der Waals surface area (Å²) < 4.78 is -1.01. The number of benzene rings is 2. The molecule has 1 unspecified atom stereocenters. The number of aliphatic hydroxyl groups is 1. The monoisotopic (exact) mass is 473 g/mol. The fourth-order valence-corrected chi connectivity index (χ4v) is 2.76. The van der Waals surface area contributed by atoms with Crippen molar-refractivity contribution in [1.82, 2.24) is 0 Å². The van der Waals surface area contributed by atoms with Crippen LogP contribution in [0.2, 0.25) is 0 Å². The molecule has 0 bridgehead atoms. The molecule has 0 radical (unpaired) electrons. The van der Waals surface area contributed by atoms with Gasteiger partial charge in [0.05, 0.1) is 0 Å². The predicted octanol–water partition coefficient (Wildman–Crippen LogP) is 4.53. The molecule has 2 aromatic rings. The van der Waals surface area contributed by atoms with Gasteiger partial charge in [0.1, 0.15) is 6.10 Å². The molecule has 0 aromatic heterocycles. The molecule has 2 aromatic carbocycles. The lowest BCUT2D eigenvalue weighted by Gasteiger charge is -2.14. The second-order valence-corrected chi connectivity index (χ2v) is 11.5. The topological polar surface area (TPSA) is 49.3 Å². The molecule has 0 spiro atoms. The largest absolute Gasteiger partial charge is 0.384 e. The highest BCUT2D eigenvalue weighted by atomic mass is 80.0. The number of carbonyl (C=O) groups excluding carboxylic acids is 1. The zero-order valence-corrected chi connectivity index (χ0v) is 15.4. The number of halogens is 3. The Hall–Kier alpha value is -0.690. The molecule has 6 heteroatoms. The maximum Gasteiger partial charge on any atom is 0.263 e. The standard InChI is InChI=1S/C15H10Br3NO2/c16-15(17,18)14(21)19-8-5-6-10-9-3-1-2-4-11(9)13(20)12(10)7-8/h1-7,13,20H,(H,19,21). The van der Waals surface area contributed by atoms with E-state index in [0.29, 0.717) is 5.69 Å². The Kier molecular flexibility index (Phi) is 3.98. The minimum absolute atomic E-state index is 0.285. The van der Waals surface area contributed by atoms with E-state index >= 15 is 0 Å². The van der Waals surface area contributed by atoms with Crippen LogP contribution in [0.1, 0.15) is 17.2 Å². The zero-order valence-electron chi connectivity index (χ0n) is 10.6. The predicted molar refractivity (Wildman–Crippen MR) is 94.1 cm³/mol. The number of amides is 1. The van der Waals surface area contributed by atoms with Gasteiger partial charge in [-0.2, -0.15) is 0 Å². The highest BCUT2D eigenvalue weighted by molar-refractivity contribution is 9.40. The summed E-state index contributed by atoms with van der Waals surface area (Å²) in [6.07, 6.45) is -0.658. The number of hydrogen-bond acceptors (Lipinski definition) is 2. The fraction of sp³-hybridized carbons (Fsp3) is 0.133. The molecular weight excluding hydrogens is 466 g/mol. The number of carbonyl (C=O) groups is 1. The Morgan fingerprint density at radius 1 is 1.05 bits per heavy atom. The van der Waals surface area contributed by atoms with E-state index in [1.165, 1.54) is 0 Å². The molecule has 1 aliphatic rings. The number of aliphatic hydroxyl groups excluding tert-OH is 1. The highest BCUT2D eigenvalue weighted by Crippen LogP contribution is 2.44. The molecule has 21 heavy (non-hydrogen) atoms. The Morgan fingerprint density at radius 3 is 2.43 bits per heavy atom. The van der Waals surface area contributed by atoms with Crippen LogP contribution < -0.4 is 5.32 Å². The average Bonchev–Trinajstić information content (AvgIpc) is 2.72. The van der Waals surface area contributed by atoms with Crippen molar-refractivity contribution in [3.05, 3.63) is 53.6 Å². The molecule has 3 nitrogen and oxygen atoms in total. The molecule has 1 amide bonds. The van der Waals surface area contributed by atoms with Gasteiger partial charge in [-0.1, -0.05) is 30.3 Å². The first-order valence-electron chi connectivity index (χ1n) is 6.17. The van der Waals surface area contributed by atoms with Crippen molar-refractivity contribution in [2.75, 3.05) is 5.32 Å². The van der Waals surface area contributed by atoms with E-state index in [0.717, 1.165) is 22.3 Å². The van der Waals surface area contributed by atoms with Crippen molar-refractivity contribution in [2.45, 2.75) is 8.25 Å². The Morgan fingerprint density at radius 2 is 1.71 bits per heavy atom. The molecule has 1 atom stereocenters. The van der Waals surface area contributed by atoms with Gasteiger partial charge in [-0.05, 0) is 82.2 Å². The Balaban J connectivity index is 1.96. The van der Waals surface area contributed by atoms with Crippen LogP contribution in [0.15, 0.2) is 42.5 Å². The average molecular weight is 476 g/mol. The Labute approximate surface area is 147 Å². The number of alkyl halides is 3. The molecule has 2 N–H and O–H groups in total. The summed E-state index contributed by atoms with van der Waals surface area (Å²) in [6, 6.07) is 13.3. The van der Waals surface area contributed by atoms with E-state index in [1.54, 1.807) is 6.07 Å². The minimum Gasteiger partial charge on any atom is -0.384 e. The van der Waals surface area contributed by atoms with Gasteiger partial charge < -0.3 is 10.4 Å². The van der Waals surface area contributed by atoms with E-state index in [1.807, 2.05) is 36.4 Å². The van der Waals surface area contributed by atoms with Crippen LogP contribution >= 0.6 is 47.8 Å². The van der Waals surface area contributed by atoms with Crippen molar-refractivity contribution in [1.29, 1.82) is 0 Å². The molecule has 108 valence electrons. The Bertz CT molecular complexity index is 725. The lowest BCUT2D eigenvalue weighted by atomic mass is 10.1. The summed E-state index contributed by atoms with van der Waals surface area (Å²) >= 11 is 9.51. The molecule has 0 fully saturated rings. The summed E-state index contributed by atoms with van der Waals surface area (Å²) in [5.74, 6) is -0.285. The van der Waals surface area contributed by atoms with Crippen LogP contribution in [0.5, 0.6) is 0 Å². The first-order chi connectivity index (χ1) is 9.88.